The van der Waals surface area contributed by atoms with Crippen molar-refractivity contribution in [3.63, 3.8) is 0 Å². The van der Waals surface area contributed by atoms with Gasteiger partial charge >= 0.3 is 6.09 Å². The summed E-state index contributed by atoms with van der Waals surface area (Å²) in [6, 6.07) is 9.64. The fourth-order valence-corrected chi connectivity index (χ4v) is 4.95. The number of aliphatic imine (C=N–C) groups is 1. The minimum atomic E-state index is -1.96. The van der Waals surface area contributed by atoms with Crippen LogP contribution in [0.15, 0.2) is 47.4 Å². The van der Waals surface area contributed by atoms with Crippen molar-refractivity contribution in [2.24, 2.45) is 4.99 Å². The van der Waals surface area contributed by atoms with Crippen molar-refractivity contribution < 1.29 is 18.4 Å². The minimum Gasteiger partial charge on any atom is -0.530 e. The number of hydrogen-bond donors (Lipinski definition) is 0. The van der Waals surface area contributed by atoms with Gasteiger partial charge < -0.3 is 13.6 Å². The smallest absolute Gasteiger partial charge is 0.414 e. The molecule has 0 aromatic heterocycles. The first-order valence-electron chi connectivity index (χ1n) is 10.8. The molecule has 8 heteroatoms. The lowest BCUT2D eigenvalue weighted by Gasteiger charge is -2.37. The zero-order chi connectivity index (χ0) is 23.4. The molecule has 0 N–H and O–H groups in total. The lowest BCUT2D eigenvalue weighted by Crippen LogP contribution is -2.43. The first-order valence-corrected chi connectivity index (χ1v) is 17.1. The summed E-state index contributed by atoms with van der Waals surface area (Å²) in [6.07, 6.45) is 2.88. The van der Waals surface area contributed by atoms with Gasteiger partial charge in [-0.15, -0.1) is 0 Å². The van der Waals surface area contributed by atoms with Gasteiger partial charge in [0.2, 0.25) is 14.2 Å². The quantitative estimate of drug-likeness (QED) is 0.258. The molecule has 1 saturated heterocycles. The van der Waals surface area contributed by atoms with Crippen molar-refractivity contribution in [2.75, 3.05) is 6.61 Å². The molecule has 1 aliphatic heterocycles. The Labute approximate surface area is 189 Å². The van der Waals surface area contributed by atoms with Gasteiger partial charge in [0.1, 0.15) is 6.61 Å². The molecule has 2 rings (SSSR count). The second kappa shape index (κ2) is 9.71. The van der Waals surface area contributed by atoms with Gasteiger partial charge in [-0.3, -0.25) is 4.90 Å². The summed E-state index contributed by atoms with van der Waals surface area (Å²) in [5.41, 5.74) is 1.01. The highest BCUT2D eigenvalue weighted by Gasteiger charge is 2.38. The molecule has 0 unspecified atom stereocenters. The van der Waals surface area contributed by atoms with E-state index in [1.807, 2.05) is 37.3 Å². The molecule has 1 aromatic carbocycles. The lowest BCUT2D eigenvalue weighted by atomic mass is 10.1. The van der Waals surface area contributed by atoms with E-state index in [0.717, 1.165) is 5.56 Å². The third kappa shape index (κ3) is 7.33. The highest BCUT2D eigenvalue weighted by Crippen LogP contribution is 2.37. The minimum absolute atomic E-state index is 0.116. The zero-order valence-corrected chi connectivity index (χ0v) is 22.4. The molecule has 1 fully saturated rings. The van der Waals surface area contributed by atoms with E-state index in [2.05, 4.69) is 58.5 Å². The summed E-state index contributed by atoms with van der Waals surface area (Å²) in [6.45, 7) is 19.6. The molecule has 0 saturated carbocycles. The Morgan fingerprint density at radius 2 is 1.81 bits per heavy atom. The molecule has 2 atom stereocenters. The number of ether oxygens (including phenoxy) is 1. The number of amides is 1. The second-order valence-corrected chi connectivity index (χ2v) is 19.6. The van der Waals surface area contributed by atoms with Crippen molar-refractivity contribution >= 4 is 28.9 Å². The molecule has 1 heterocycles. The monoisotopic (exact) mass is 462 g/mol. The maximum atomic E-state index is 12.4. The Balaban J connectivity index is 2.27. The van der Waals surface area contributed by atoms with Crippen molar-refractivity contribution in [2.45, 2.75) is 77.6 Å². The molecule has 31 heavy (non-hydrogen) atoms. The van der Waals surface area contributed by atoms with Crippen molar-refractivity contribution in [3.8, 4) is 0 Å². The van der Waals surface area contributed by atoms with Gasteiger partial charge in [-0.05, 0) is 50.3 Å². The van der Waals surface area contributed by atoms with E-state index < -0.39 is 22.7 Å². The Morgan fingerprint density at radius 3 is 2.35 bits per heavy atom. The average molecular weight is 463 g/mol. The van der Waals surface area contributed by atoms with Crippen LogP contribution in [0.3, 0.4) is 0 Å². The van der Waals surface area contributed by atoms with Crippen LogP contribution < -0.4 is 0 Å². The topological polar surface area (TPSA) is 60.4 Å². The highest BCUT2D eigenvalue weighted by atomic mass is 28.4. The molecule has 6 nitrogen and oxygen atoms in total. The standard InChI is InChI=1S/C23H38N2O4Si2/c1-18(28-31(8,9)23(2,3)4)15-24-21(29-30(5,6)7)16-25-20(17-27-22(25)26)19-13-11-10-12-14-19/h10-16,18,20H,17H2,1-9H3/b21-16+,24-15+/t18-,20+/m0/s1. The summed E-state index contributed by atoms with van der Waals surface area (Å²) in [4.78, 5) is 18.6. The van der Waals surface area contributed by atoms with E-state index in [9.17, 15) is 4.79 Å². The average Bonchev–Trinajstić information content (AvgIpc) is 2.98. The molecule has 0 bridgehead atoms. The van der Waals surface area contributed by atoms with Crippen LogP contribution >= 0.6 is 0 Å². The van der Waals surface area contributed by atoms with Crippen LogP contribution in [0.5, 0.6) is 0 Å². The van der Waals surface area contributed by atoms with Crippen LogP contribution in [0.25, 0.3) is 0 Å². The van der Waals surface area contributed by atoms with Gasteiger partial charge in [0.05, 0.1) is 18.3 Å². The van der Waals surface area contributed by atoms with Crippen LogP contribution in [-0.4, -0.2) is 46.6 Å². The van der Waals surface area contributed by atoms with Gasteiger partial charge in [0.15, 0.2) is 8.32 Å². The van der Waals surface area contributed by atoms with Gasteiger partial charge in [0, 0.05) is 6.21 Å². The number of rotatable bonds is 8. The molecule has 1 amide bonds. The Bertz CT molecular complexity index is 811. The molecular formula is C23H38N2O4Si2. The first kappa shape index (κ1) is 25.4. The Morgan fingerprint density at radius 1 is 1.19 bits per heavy atom. The fraction of sp³-hybridized carbons (Fsp3) is 0.565. The van der Waals surface area contributed by atoms with Gasteiger partial charge in [0.25, 0.3) is 0 Å². The van der Waals surface area contributed by atoms with Crippen molar-refractivity contribution in [1.82, 2.24) is 4.90 Å². The second-order valence-electron chi connectivity index (χ2n) is 10.5. The van der Waals surface area contributed by atoms with E-state index in [4.69, 9.17) is 13.6 Å². The molecule has 0 radical (unpaired) electrons. The number of nitrogens with zero attached hydrogens (tertiary/aromatic N) is 2. The molecule has 1 aliphatic rings. The first-order chi connectivity index (χ1) is 14.2. The van der Waals surface area contributed by atoms with Crippen LogP contribution in [0.2, 0.25) is 37.8 Å². The number of hydrogen-bond acceptors (Lipinski definition) is 5. The SMILES string of the molecule is C[C@@H](/C=N/C(=C\N1C(=O)OC[C@@H]1c1ccccc1)O[Si](C)(C)C)O[Si](C)(C)C(C)(C)C. The number of benzene rings is 1. The van der Waals surface area contributed by atoms with Crippen molar-refractivity contribution in [1.29, 1.82) is 0 Å². The summed E-state index contributed by atoms with van der Waals surface area (Å²) < 4.78 is 17.9. The zero-order valence-electron chi connectivity index (χ0n) is 20.4. The summed E-state index contributed by atoms with van der Waals surface area (Å²) in [7, 11) is -3.87. The fourth-order valence-electron chi connectivity index (χ4n) is 2.88. The predicted molar refractivity (Wildman–Crippen MR) is 131 cm³/mol. The molecule has 172 valence electrons. The predicted octanol–water partition coefficient (Wildman–Crippen LogP) is 6.31. The van der Waals surface area contributed by atoms with Gasteiger partial charge in [-0.25, -0.2) is 9.79 Å². The van der Waals surface area contributed by atoms with Gasteiger partial charge in [-0.1, -0.05) is 51.1 Å². The third-order valence-electron chi connectivity index (χ3n) is 5.45. The Hall–Kier alpha value is -1.91. The van der Waals surface area contributed by atoms with Crippen LogP contribution in [-0.2, 0) is 13.6 Å². The summed E-state index contributed by atoms with van der Waals surface area (Å²) >= 11 is 0. The normalized spacial score (nSPS) is 19.6. The number of cyclic esters (lactones) is 1. The van der Waals surface area contributed by atoms with Crippen LogP contribution in [0.1, 0.15) is 39.3 Å². The highest BCUT2D eigenvalue weighted by molar-refractivity contribution is 6.74. The molecule has 0 aliphatic carbocycles. The number of carbonyl (C=O) groups is 1. The molecular weight excluding hydrogens is 424 g/mol. The van der Waals surface area contributed by atoms with Crippen molar-refractivity contribution in [3.05, 3.63) is 48.0 Å². The maximum Gasteiger partial charge on any atom is 0.414 e. The molecule has 1 aromatic rings. The van der Waals surface area contributed by atoms with Crippen LogP contribution in [0.4, 0.5) is 4.79 Å². The third-order valence-corrected chi connectivity index (χ3v) is 10.8. The van der Waals surface area contributed by atoms with Gasteiger partial charge in [-0.2, -0.15) is 0 Å². The molecule has 0 spiro atoms. The summed E-state index contributed by atoms with van der Waals surface area (Å²) in [5.74, 6) is 0.407. The summed E-state index contributed by atoms with van der Waals surface area (Å²) in [5, 5.41) is 0.116. The van der Waals surface area contributed by atoms with E-state index in [1.54, 1.807) is 17.3 Å². The van der Waals surface area contributed by atoms with E-state index in [-0.39, 0.29) is 17.2 Å². The van der Waals surface area contributed by atoms with E-state index in [0.29, 0.717) is 12.5 Å². The maximum absolute atomic E-state index is 12.4. The van der Waals surface area contributed by atoms with Crippen LogP contribution in [0, 0.1) is 0 Å². The Kier molecular flexibility index (Phi) is 7.94. The largest absolute Gasteiger partial charge is 0.530 e. The lowest BCUT2D eigenvalue weighted by molar-refractivity contribution is 0.165. The van der Waals surface area contributed by atoms with E-state index in [1.165, 1.54) is 0 Å². The van der Waals surface area contributed by atoms with E-state index >= 15 is 0 Å². The number of carbonyl (C=O) groups excluding carboxylic acids is 1.